The van der Waals surface area contributed by atoms with Crippen molar-refractivity contribution in [2.24, 2.45) is 4.99 Å². The maximum Gasteiger partial charge on any atom is 0.227 e. The van der Waals surface area contributed by atoms with Crippen LogP contribution in [0.1, 0.15) is 59.2 Å². The Morgan fingerprint density at radius 1 is 1.08 bits per heavy atom. The fourth-order valence-corrected chi connectivity index (χ4v) is 4.68. The lowest BCUT2D eigenvalue weighted by Crippen LogP contribution is -2.42. The van der Waals surface area contributed by atoms with E-state index < -0.39 is 0 Å². The molecule has 0 N–H and O–H groups in total. The SMILES string of the molecule is Cc1cc(C2=NCc3cc4c(cc32)CN(C2CCCC2)C(=O)C4)ccn1. The molecule has 1 aromatic carbocycles. The Labute approximate surface area is 154 Å². The fourth-order valence-electron chi connectivity index (χ4n) is 4.68. The van der Waals surface area contributed by atoms with Crippen LogP contribution in [0.25, 0.3) is 0 Å². The van der Waals surface area contributed by atoms with Crippen LogP contribution in [0.5, 0.6) is 0 Å². The van der Waals surface area contributed by atoms with Crippen molar-refractivity contribution in [1.29, 1.82) is 0 Å². The number of hydrogen-bond acceptors (Lipinski definition) is 3. The van der Waals surface area contributed by atoms with E-state index in [0.29, 0.717) is 24.9 Å². The zero-order valence-corrected chi connectivity index (χ0v) is 15.2. The van der Waals surface area contributed by atoms with Gasteiger partial charge in [-0.2, -0.15) is 0 Å². The van der Waals surface area contributed by atoms with Crippen LogP contribution >= 0.6 is 0 Å². The van der Waals surface area contributed by atoms with Crippen molar-refractivity contribution in [2.75, 3.05) is 0 Å². The molecule has 2 aromatic rings. The molecule has 3 aliphatic rings. The molecule has 1 saturated carbocycles. The Morgan fingerprint density at radius 3 is 2.73 bits per heavy atom. The number of hydrogen-bond donors (Lipinski definition) is 0. The minimum atomic E-state index is 0.299. The first kappa shape index (κ1) is 15.7. The lowest BCUT2D eigenvalue weighted by molar-refractivity contribution is -0.134. The minimum absolute atomic E-state index is 0.299. The number of aromatic nitrogens is 1. The van der Waals surface area contributed by atoms with Crippen molar-refractivity contribution in [1.82, 2.24) is 9.88 Å². The molecule has 0 atom stereocenters. The number of aliphatic imine (C=N–C) groups is 1. The van der Waals surface area contributed by atoms with E-state index in [0.717, 1.165) is 36.4 Å². The van der Waals surface area contributed by atoms with Gasteiger partial charge in [-0.3, -0.25) is 14.8 Å². The lowest BCUT2D eigenvalue weighted by Gasteiger charge is -2.34. The Morgan fingerprint density at radius 2 is 1.92 bits per heavy atom. The molecular weight excluding hydrogens is 322 g/mol. The van der Waals surface area contributed by atoms with Crippen LogP contribution in [0.4, 0.5) is 0 Å². The van der Waals surface area contributed by atoms with Crippen molar-refractivity contribution in [2.45, 2.75) is 58.2 Å². The molecule has 2 aliphatic heterocycles. The molecule has 26 heavy (non-hydrogen) atoms. The topological polar surface area (TPSA) is 45.6 Å². The number of aryl methyl sites for hydroxylation is 1. The average Bonchev–Trinajstić information content (AvgIpc) is 3.29. The molecule has 132 valence electrons. The highest BCUT2D eigenvalue weighted by molar-refractivity contribution is 6.15. The normalized spacial score (nSPS) is 19.5. The number of amides is 1. The predicted octanol–water partition coefficient (Wildman–Crippen LogP) is 3.57. The van der Waals surface area contributed by atoms with E-state index in [-0.39, 0.29) is 0 Å². The summed E-state index contributed by atoms with van der Waals surface area (Å²) < 4.78 is 0. The third kappa shape index (κ3) is 2.56. The molecule has 5 rings (SSSR count). The first-order valence-corrected chi connectivity index (χ1v) is 9.61. The average molecular weight is 345 g/mol. The van der Waals surface area contributed by atoms with E-state index in [1.807, 2.05) is 19.2 Å². The van der Waals surface area contributed by atoms with Gasteiger partial charge in [0.2, 0.25) is 5.91 Å². The van der Waals surface area contributed by atoms with Gasteiger partial charge in [-0.05, 0) is 54.7 Å². The van der Waals surface area contributed by atoms with Crippen LogP contribution < -0.4 is 0 Å². The highest BCUT2D eigenvalue weighted by Gasteiger charge is 2.32. The van der Waals surface area contributed by atoms with Gasteiger partial charge >= 0.3 is 0 Å². The van der Waals surface area contributed by atoms with E-state index >= 15 is 0 Å². The second-order valence-corrected chi connectivity index (χ2v) is 7.77. The standard InChI is InChI=1S/C22H23N3O/c1-14-8-15(6-7-23-14)22-20-10-18-13-25(19-4-2-3-5-19)21(26)11-16(18)9-17(20)12-24-22/h6-10,19H,2-5,11-13H2,1H3. The summed E-state index contributed by atoms with van der Waals surface area (Å²) in [6.45, 7) is 3.48. The Kier molecular flexibility index (Phi) is 3.66. The zero-order chi connectivity index (χ0) is 17.7. The lowest BCUT2D eigenvalue weighted by atomic mass is 9.90. The van der Waals surface area contributed by atoms with Crippen LogP contribution in [0.3, 0.4) is 0 Å². The second-order valence-electron chi connectivity index (χ2n) is 7.77. The molecular formula is C22H23N3O. The van der Waals surface area contributed by atoms with Crippen LogP contribution in [-0.2, 0) is 24.3 Å². The zero-order valence-electron chi connectivity index (χ0n) is 15.2. The summed E-state index contributed by atoms with van der Waals surface area (Å²) in [4.78, 5) is 23.9. The van der Waals surface area contributed by atoms with Crippen molar-refractivity contribution in [3.05, 3.63) is 64.0 Å². The summed E-state index contributed by atoms with van der Waals surface area (Å²) in [5.74, 6) is 0.299. The van der Waals surface area contributed by atoms with Crippen LogP contribution in [0, 0.1) is 6.92 Å². The van der Waals surface area contributed by atoms with Gasteiger partial charge in [-0.25, -0.2) is 0 Å². The van der Waals surface area contributed by atoms with E-state index in [2.05, 4.69) is 28.1 Å². The fraction of sp³-hybridized carbons (Fsp3) is 0.409. The van der Waals surface area contributed by atoms with Crippen LogP contribution in [-0.4, -0.2) is 27.5 Å². The number of fused-ring (bicyclic) bond motifs is 2. The van der Waals surface area contributed by atoms with Gasteiger partial charge in [-0.1, -0.05) is 18.9 Å². The van der Waals surface area contributed by atoms with Gasteiger partial charge < -0.3 is 4.90 Å². The van der Waals surface area contributed by atoms with Gasteiger partial charge in [0.1, 0.15) is 0 Å². The van der Waals surface area contributed by atoms with E-state index in [4.69, 9.17) is 4.99 Å². The van der Waals surface area contributed by atoms with Gasteiger partial charge in [-0.15, -0.1) is 0 Å². The number of benzene rings is 1. The summed E-state index contributed by atoms with van der Waals surface area (Å²) in [6, 6.07) is 9.09. The highest BCUT2D eigenvalue weighted by atomic mass is 16.2. The van der Waals surface area contributed by atoms with E-state index in [1.54, 1.807) is 0 Å². The summed E-state index contributed by atoms with van der Waals surface area (Å²) in [7, 11) is 0. The Balaban J connectivity index is 1.51. The van der Waals surface area contributed by atoms with Crippen molar-refractivity contribution < 1.29 is 4.79 Å². The summed E-state index contributed by atoms with van der Waals surface area (Å²) in [6.07, 6.45) is 7.23. The molecule has 1 fully saturated rings. The van der Waals surface area contributed by atoms with Gasteiger partial charge in [0.15, 0.2) is 0 Å². The molecule has 1 aromatic heterocycles. The summed E-state index contributed by atoms with van der Waals surface area (Å²) >= 11 is 0. The van der Waals surface area contributed by atoms with E-state index in [1.165, 1.54) is 35.1 Å². The molecule has 1 aliphatic carbocycles. The van der Waals surface area contributed by atoms with Crippen LogP contribution in [0.15, 0.2) is 35.5 Å². The van der Waals surface area contributed by atoms with Crippen molar-refractivity contribution in [3.63, 3.8) is 0 Å². The molecule has 0 unspecified atom stereocenters. The number of carbonyl (C=O) groups excluding carboxylic acids is 1. The third-order valence-electron chi connectivity index (χ3n) is 6.03. The molecule has 3 heterocycles. The largest absolute Gasteiger partial charge is 0.335 e. The molecule has 4 heteroatoms. The third-order valence-corrected chi connectivity index (χ3v) is 6.03. The molecule has 0 radical (unpaired) electrons. The monoisotopic (exact) mass is 345 g/mol. The van der Waals surface area contributed by atoms with Crippen molar-refractivity contribution in [3.8, 4) is 0 Å². The summed E-state index contributed by atoms with van der Waals surface area (Å²) in [5.41, 5.74) is 8.19. The van der Waals surface area contributed by atoms with Gasteiger partial charge in [0.05, 0.1) is 18.7 Å². The Bertz CT molecular complexity index is 925. The quantitative estimate of drug-likeness (QED) is 0.835. The Hall–Kier alpha value is -2.49. The smallest absolute Gasteiger partial charge is 0.227 e. The first-order valence-electron chi connectivity index (χ1n) is 9.61. The predicted molar refractivity (Wildman–Crippen MR) is 101 cm³/mol. The number of carbonyl (C=O) groups is 1. The molecule has 1 amide bonds. The maximum absolute atomic E-state index is 12.7. The highest BCUT2D eigenvalue weighted by Crippen LogP contribution is 2.33. The summed E-state index contributed by atoms with van der Waals surface area (Å²) in [5, 5.41) is 0. The molecule has 4 nitrogen and oxygen atoms in total. The molecule has 0 bridgehead atoms. The van der Waals surface area contributed by atoms with Crippen LogP contribution in [0.2, 0.25) is 0 Å². The first-order chi connectivity index (χ1) is 12.7. The van der Waals surface area contributed by atoms with Gasteiger partial charge in [0, 0.05) is 35.6 Å². The number of nitrogens with zero attached hydrogens (tertiary/aromatic N) is 3. The second kappa shape index (κ2) is 6.04. The maximum atomic E-state index is 12.7. The van der Waals surface area contributed by atoms with E-state index in [9.17, 15) is 4.79 Å². The molecule has 0 saturated heterocycles. The van der Waals surface area contributed by atoms with Gasteiger partial charge in [0.25, 0.3) is 0 Å². The minimum Gasteiger partial charge on any atom is -0.335 e. The molecule has 0 spiro atoms. The van der Waals surface area contributed by atoms with Crippen molar-refractivity contribution >= 4 is 11.6 Å². The number of rotatable bonds is 2. The number of pyridine rings is 1.